The van der Waals surface area contributed by atoms with Gasteiger partial charge in [0.15, 0.2) is 0 Å². The Balaban J connectivity index is 2.76. The monoisotopic (exact) mass is 324 g/mol. The van der Waals surface area contributed by atoms with E-state index in [4.69, 9.17) is 27.0 Å². The second-order valence-corrected chi connectivity index (χ2v) is 7.92. The number of halogens is 2. The van der Waals surface area contributed by atoms with Crippen molar-refractivity contribution in [2.75, 3.05) is 12.4 Å². The standard InChI is InChI=1S/C13H18Cl2O3S/c1-4-11(8-19(15,16)17)7-18-13-9(2)5-12(14)6-10(13)3/h5-6,11H,4,7-8H2,1-3H3. The Kier molecular flexibility index (Phi) is 5.96. The molecule has 0 radical (unpaired) electrons. The largest absolute Gasteiger partial charge is 0.493 e. The third-order valence-corrected chi connectivity index (χ3v) is 4.37. The van der Waals surface area contributed by atoms with Crippen LogP contribution in [-0.2, 0) is 9.05 Å². The molecule has 1 unspecified atom stereocenters. The summed E-state index contributed by atoms with van der Waals surface area (Å²) in [4.78, 5) is 0. The number of hydrogen-bond acceptors (Lipinski definition) is 3. The van der Waals surface area contributed by atoms with Gasteiger partial charge in [-0.25, -0.2) is 8.42 Å². The SMILES string of the molecule is CCC(COc1c(C)cc(Cl)cc1C)CS(=O)(=O)Cl. The Bertz CT molecular complexity index is 518. The first-order chi connectivity index (χ1) is 8.73. The average molecular weight is 325 g/mol. The van der Waals surface area contributed by atoms with Gasteiger partial charge in [-0.3, -0.25) is 0 Å². The first-order valence-corrected chi connectivity index (χ1v) is 8.90. The van der Waals surface area contributed by atoms with E-state index in [0.29, 0.717) is 18.1 Å². The highest BCUT2D eigenvalue weighted by Crippen LogP contribution is 2.27. The highest BCUT2D eigenvalue weighted by atomic mass is 35.7. The number of aryl methyl sites for hydroxylation is 2. The van der Waals surface area contributed by atoms with Gasteiger partial charge in [-0.15, -0.1) is 0 Å². The molecule has 0 spiro atoms. The molecule has 0 saturated heterocycles. The zero-order chi connectivity index (χ0) is 14.6. The maximum atomic E-state index is 11.1. The van der Waals surface area contributed by atoms with Crippen LogP contribution in [0.5, 0.6) is 5.75 Å². The van der Waals surface area contributed by atoms with Crippen molar-refractivity contribution in [1.82, 2.24) is 0 Å². The van der Waals surface area contributed by atoms with Crippen molar-refractivity contribution in [1.29, 1.82) is 0 Å². The zero-order valence-corrected chi connectivity index (χ0v) is 13.6. The number of benzene rings is 1. The van der Waals surface area contributed by atoms with Crippen molar-refractivity contribution in [3.8, 4) is 5.75 Å². The van der Waals surface area contributed by atoms with Gasteiger partial charge in [0, 0.05) is 21.6 Å². The molecular weight excluding hydrogens is 307 g/mol. The lowest BCUT2D eigenvalue weighted by Gasteiger charge is -2.17. The van der Waals surface area contributed by atoms with Gasteiger partial charge in [0.25, 0.3) is 0 Å². The second-order valence-electron chi connectivity index (χ2n) is 4.66. The van der Waals surface area contributed by atoms with Crippen LogP contribution in [0.25, 0.3) is 0 Å². The summed E-state index contributed by atoms with van der Waals surface area (Å²) in [6.07, 6.45) is 0.692. The van der Waals surface area contributed by atoms with E-state index in [9.17, 15) is 8.42 Å². The van der Waals surface area contributed by atoms with Crippen LogP contribution in [0.2, 0.25) is 5.02 Å². The molecule has 0 aliphatic heterocycles. The Morgan fingerprint density at radius 3 is 2.21 bits per heavy atom. The molecule has 0 fully saturated rings. The lowest BCUT2D eigenvalue weighted by atomic mass is 10.1. The maximum absolute atomic E-state index is 11.1. The van der Waals surface area contributed by atoms with Crippen LogP contribution >= 0.6 is 22.3 Å². The Morgan fingerprint density at radius 1 is 1.26 bits per heavy atom. The summed E-state index contributed by atoms with van der Waals surface area (Å²) in [6, 6.07) is 3.65. The van der Waals surface area contributed by atoms with Crippen molar-refractivity contribution >= 4 is 31.3 Å². The van der Waals surface area contributed by atoms with Gasteiger partial charge in [-0.05, 0) is 43.5 Å². The van der Waals surface area contributed by atoms with Crippen molar-refractivity contribution in [3.63, 3.8) is 0 Å². The molecule has 108 valence electrons. The van der Waals surface area contributed by atoms with E-state index >= 15 is 0 Å². The summed E-state index contributed by atoms with van der Waals surface area (Å²) in [5, 5.41) is 0.665. The fourth-order valence-electron chi connectivity index (χ4n) is 1.89. The molecule has 1 aromatic carbocycles. The molecular formula is C13H18Cl2O3S. The molecule has 19 heavy (non-hydrogen) atoms. The minimum absolute atomic E-state index is 0.0727. The van der Waals surface area contributed by atoms with E-state index in [-0.39, 0.29) is 11.7 Å². The van der Waals surface area contributed by atoms with Crippen molar-refractivity contribution < 1.29 is 13.2 Å². The molecule has 1 atom stereocenters. The Hall–Kier alpha value is -0.450. The smallest absolute Gasteiger partial charge is 0.232 e. The van der Waals surface area contributed by atoms with E-state index in [1.165, 1.54) is 0 Å². The molecule has 0 aliphatic carbocycles. The zero-order valence-electron chi connectivity index (χ0n) is 11.2. The first-order valence-electron chi connectivity index (χ1n) is 6.04. The number of hydrogen-bond donors (Lipinski definition) is 0. The predicted molar refractivity (Wildman–Crippen MR) is 79.8 cm³/mol. The lowest BCUT2D eigenvalue weighted by Crippen LogP contribution is -2.19. The van der Waals surface area contributed by atoms with Crippen molar-refractivity contribution in [2.24, 2.45) is 5.92 Å². The third kappa shape index (κ3) is 5.59. The van der Waals surface area contributed by atoms with Gasteiger partial charge in [-0.1, -0.05) is 18.5 Å². The summed E-state index contributed by atoms with van der Waals surface area (Å²) in [6.45, 7) is 6.06. The van der Waals surface area contributed by atoms with E-state index < -0.39 is 9.05 Å². The molecule has 0 N–H and O–H groups in total. The van der Waals surface area contributed by atoms with Crippen LogP contribution in [0.3, 0.4) is 0 Å². The number of ether oxygens (including phenoxy) is 1. The van der Waals surface area contributed by atoms with Crippen LogP contribution in [0, 0.1) is 19.8 Å². The van der Waals surface area contributed by atoms with Gasteiger partial charge in [0.1, 0.15) is 5.75 Å². The van der Waals surface area contributed by atoms with E-state index in [2.05, 4.69) is 0 Å². The van der Waals surface area contributed by atoms with Gasteiger partial charge in [0.05, 0.1) is 12.4 Å². The predicted octanol–water partition coefficient (Wildman–Crippen LogP) is 3.93. The van der Waals surface area contributed by atoms with E-state index in [0.717, 1.165) is 16.9 Å². The summed E-state index contributed by atoms with van der Waals surface area (Å²) in [5.74, 6) is 0.573. The highest BCUT2D eigenvalue weighted by molar-refractivity contribution is 8.13. The molecule has 6 heteroatoms. The average Bonchev–Trinajstić information content (AvgIpc) is 2.24. The van der Waals surface area contributed by atoms with Crippen molar-refractivity contribution in [2.45, 2.75) is 27.2 Å². The van der Waals surface area contributed by atoms with E-state index in [1.54, 1.807) is 0 Å². The Morgan fingerprint density at radius 2 is 1.79 bits per heavy atom. The summed E-state index contributed by atoms with van der Waals surface area (Å²) in [7, 11) is 1.78. The fraction of sp³-hybridized carbons (Fsp3) is 0.538. The summed E-state index contributed by atoms with van der Waals surface area (Å²) >= 11 is 5.95. The topological polar surface area (TPSA) is 43.4 Å². The lowest BCUT2D eigenvalue weighted by molar-refractivity contribution is 0.255. The fourth-order valence-corrected chi connectivity index (χ4v) is 3.65. The Labute approximate surface area is 124 Å². The summed E-state index contributed by atoms with van der Waals surface area (Å²) < 4.78 is 27.9. The van der Waals surface area contributed by atoms with Crippen LogP contribution in [0.1, 0.15) is 24.5 Å². The normalized spacial score (nSPS) is 13.3. The van der Waals surface area contributed by atoms with Gasteiger partial charge < -0.3 is 4.74 Å². The van der Waals surface area contributed by atoms with Crippen LogP contribution < -0.4 is 4.74 Å². The van der Waals surface area contributed by atoms with Gasteiger partial charge in [-0.2, -0.15) is 0 Å². The molecule has 1 rings (SSSR count). The first kappa shape index (κ1) is 16.6. The molecule has 1 aromatic rings. The quantitative estimate of drug-likeness (QED) is 0.744. The molecule has 0 amide bonds. The maximum Gasteiger partial charge on any atom is 0.232 e. The molecule has 0 aromatic heterocycles. The molecule has 0 aliphatic rings. The summed E-state index contributed by atoms with van der Waals surface area (Å²) in [5.41, 5.74) is 1.88. The minimum Gasteiger partial charge on any atom is -0.493 e. The van der Waals surface area contributed by atoms with Gasteiger partial charge in [0.2, 0.25) is 9.05 Å². The molecule has 0 heterocycles. The van der Waals surface area contributed by atoms with Crippen molar-refractivity contribution in [3.05, 3.63) is 28.3 Å². The number of rotatable bonds is 6. The third-order valence-electron chi connectivity index (χ3n) is 2.90. The van der Waals surface area contributed by atoms with Gasteiger partial charge >= 0.3 is 0 Å². The molecule has 3 nitrogen and oxygen atoms in total. The molecule has 0 saturated carbocycles. The van der Waals surface area contributed by atoms with Crippen LogP contribution in [0.4, 0.5) is 0 Å². The van der Waals surface area contributed by atoms with E-state index in [1.807, 2.05) is 32.9 Å². The molecule has 0 bridgehead atoms. The van der Waals surface area contributed by atoms with Crippen LogP contribution in [0.15, 0.2) is 12.1 Å². The minimum atomic E-state index is -3.50. The van der Waals surface area contributed by atoms with Crippen LogP contribution in [-0.4, -0.2) is 20.8 Å². The second kappa shape index (κ2) is 6.82. The highest BCUT2D eigenvalue weighted by Gasteiger charge is 2.17.